The minimum atomic E-state index is 0.371. The van der Waals surface area contributed by atoms with Crippen LogP contribution in [0.1, 0.15) is 30.0 Å². The molecule has 0 N–H and O–H groups in total. The van der Waals surface area contributed by atoms with Gasteiger partial charge in [-0.25, -0.2) is 4.98 Å². The number of aromatic nitrogens is 4. The molecule has 132 valence electrons. The molecule has 4 heterocycles. The standard InChI is InChI=1S/C20H21N5O/c1-4-18(11-22-7-1)26-20-13-23-12-19(24-20)17-3-2-10-25(15-17)14-16-5-8-21-9-6-16/h1,4-9,11-13,17H,2-3,10,14-15H2/t17-/m0/s1. The van der Waals surface area contributed by atoms with Gasteiger partial charge in [-0.2, -0.15) is 0 Å². The maximum absolute atomic E-state index is 5.78. The van der Waals surface area contributed by atoms with Crippen LogP contribution in [0, 0.1) is 0 Å². The van der Waals surface area contributed by atoms with E-state index in [-0.39, 0.29) is 0 Å². The Balaban J connectivity index is 1.44. The maximum atomic E-state index is 5.78. The second kappa shape index (κ2) is 8.01. The number of hydrogen-bond acceptors (Lipinski definition) is 6. The van der Waals surface area contributed by atoms with Gasteiger partial charge in [-0.15, -0.1) is 0 Å². The van der Waals surface area contributed by atoms with Gasteiger partial charge in [0.05, 0.1) is 18.1 Å². The fourth-order valence-electron chi connectivity index (χ4n) is 3.32. The summed E-state index contributed by atoms with van der Waals surface area (Å²) in [4.78, 5) is 19.6. The molecule has 0 saturated carbocycles. The second-order valence-corrected chi connectivity index (χ2v) is 6.50. The van der Waals surface area contributed by atoms with Gasteiger partial charge in [0.25, 0.3) is 0 Å². The molecule has 0 aliphatic carbocycles. The summed E-state index contributed by atoms with van der Waals surface area (Å²) in [6.07, 6.45) is 12.9. The second-order valence-electron chi connectivity index (χ2n) is 6.50. The first-order valence-corrected chi connectivity index (χ1v) is 8.88. The lowest BCUT2D eigenvalue weighted by molar-refractivity contribution is 0.198. The van der Waals surface area contributed by atoms with Crippen LogP contribution in [0.4, 0.5) is 0 Å². The highest BCUT2D eigenvalue weighted by atomic mass is 16.5. The van der Waals surface area contributed by atoms with Crippen LogP contribution in [0.25, 0.3) is 0 Å². The van der Waals surface area contributed by atoms with Gasteiger partial charge >= 0.3 is 0 Å². The highest BCUT2D eigenvalue weighted by Gasteiger charge is 2.23. The number of nitrogens with zero attached hydrogens (tertiary/aromatic N) is 5. The van der Waals surface area contributed by atoms with Gasteiger partial charge in [0.2, 0.25) is 5.88 Å². The first-order chi connectivity index (χ1) is 12.9. The monoisotopic (exact) mass is 347 g/mol. The van der Waals surface area contributed by atoms with E-state index in [0.29, 0.717) is 17.5 Å². The molecule has 0 spiro atoms. The summed E-state index contributed by atoms with van der Waals surface area (Å²) in [6, 6.07) is 7.85. The molecular formula is C20H21N5O. The molecule has 1 aliphatic heterocycles. The van der Waals surface area contributed by atoms with Gasteiger partial charge in [-0.1, -0.05) is 0 Å². The molecule has 1 aliphatic rings. The van der Waals surface area contributed by atoms with Gasteiger partial charge in [-0.05, 0) is 49.2 Å². The van der Waals surface area contributed by atoms with E-state index in [1.807, 2.05) is 30.7 Å². The summed E-state index contributed by atoms with van der Waals surface area (Å²) in [5.41, 5.74) is 2.28. The minimum Gasteiger partial charge on any atom is -0.436 e. The fourth-order valence-corrected chi connectivity index (χ4v) is 3.32. The molecule has 0 bridgehead atoms. The van der Waals surface area contributed by atoms with Gasteiger partial charge in [-0.3, -0.25) is 19.9 Å². The number of piperidine rings is 1. The van der Waals surface area contributed by atoms with Gasteiger partial charge in [0.15, 0.2) is 0 Å². The number of pyridine rings is 2. The van der Waals surface area contributed by atoms with E-state index in [2.05, 4.69) is 37.0 Å². The molecule has 1 saturated heterocycles. The number of hydrogen-bond donors (Lipinski definition) is 0. The van der Waals surface area contributed by atoms with Gasteiger partial charge < -0.3 is 4.74 Å². The zero-order valence-corrected chi connectivity index (χ0v) is 14.5. The first-order valence-electron chi connectivity index (χ1n) is 8.88. The van der Waals surface area contributed by atoms with Crippen LogP contribution < -0.4 is 4.74 Å². The Bertz CT molecular complexity index is 828. The topological polar surface area (TPSA) is 64.0 Å². The fraction of sp³-hybridized carbons (Fsp3) is 0.300. The third-order valence-corrected chi connectivity index (χ3v) is 4.57. The molecule has 0 amide bonds. The lowest BCUT2D eigenvalue weighted by Crippen LogP contribution is -2.34. The van der Waals surface area contributed by atoms with Crippen LogP contribution in [0.3, 0.4) is 0 Å². The summed E-state index contributed by atoms with van der Waals surface area (Å²) < 4.78 is 5.78. The normalized spacial score (nSPS) is 17.8. The number of likely N-dealkylation sites (tertiary alicyclic amines) is 1. The first kappa shape index (κ1) is 16.6. The number of ether oxygens (including phenoxy) is 1. The molecule has 0 unspecified atom stereocenters. The van der Waals surface area contributed by atoms with E-state index in [9.17, 15) is 0 Å². The Hall–Kier alpha value is -2.86. The lowest BCUT2D eigenvalue weighted by Gasteiger charge is -2.32. The molecule has 0 radical (unpaired) electrons. The quantitative estimate of drug-likeness (QED) is 0.704. The van der Waals surface area contributed by atoms with Crippen molar-refractivity contribution < 1.29 is 4.74 Å². The van der Waals surface area contributed by atoms with Gasteiger partial charge in [0.1, 0.15) is 5.75 Å². The summed E-state index contributed by atoms with van der Waals surface area (Å²) in [5, 5.41) is 0. The maximum Gasteiger partial charge on any atom is 0.238 e. The average Bonchev–Trinajstić information content (AvgIpc) is 2.70. The van der Waals surface area contributed by atoms with Crippen LogP contribution in [0.2, 0.25) is 0 Å². The SMILES string of the molecule is c1cncc(Oc2cncc([C@H]3CCCN(Cc4ccncc4)C3)n2)c1. The Labute approximate surface area is 152 Å². The molecule has 0 aromatic carbocycles. The Morgan fingerprint density at radius 3 is 2.77 bits per heavy atom. The van der Waals surface area contributed by atoms with Crippen LogP contribution in [0.15, 0.2) is 61.4 Å². The predicted molar refractivity (Wildman–Crippen MR) is 97.8 cm³/mol. The predicted octanol–water partition coefficient (Wildman–Crippen LogP) is 3.44. The van der Waals surface area contributed by atoms with Gasteiger partial charge in [0, 0.05) is 43.8 Å². The minimum absolute atomic E-state index is 0.371. The largest absolute Gasteiger partial charge is 0.436 e. The highest BCUT2D eigenvalue weighted by Crippen LogP contribution is 2.28. The van der Waals surface area contributed by atoms with Crippen molar-refractivity contribution >= 4 is 0 Å². The lowest BCUT2D eigenvalue weighted by atomic mass is 9.94. The van der Waals surface area contributed by atoms with Crippen molar-refractivity contribution in [1.29, 1.82) is 0 Å². The highest BCUT2D eigenvalue weighted by molar-refractivity contribution is 5.23. The smallest absolute Gasteiger partial charge is 0.238 e. The summed E-state index contributed by atoms with van der Waals surface area (Å²) in [5.74, 6) is 1.55. The molecule has 4 rings (SSSR count). The van der Waals surface area contributed by atoms with E-state index in [4.69, 9.17) is 4.74 Å². The molecule has 3 aromatic heterocycles. The number of rotatable bonds is 5. The molecule has 1 atom stereocenters. The van der Waals surface area contributed by atoms with E-state index in [1.54, 1.807) is 18.6 Å². The van der Waals surface area contributed by atoms with Crippen molar-refractivity contribution in [2.45, 2.75) is 25.3 Å². The van der Waals surface area contributed by atoms with E-state index in [0.717, 1.165) is 38.2 Å². The zero-order valence-electron chi connectivity index (χ0n) is 14.5. The molecular weight excluding hydrogens is 326 g/mol. The zero-order chi connectivity index (χ0) is 17.6. The van der Waals surface area contributed by atoms with Crippen molar-refractivity contribution in [3.63, 3.8) is 0 Å². The third-order valence-electron chi connectivity index (χ3n) is 4.57. The van der Waals surface area contributed by atoms with Crippen molar-refractivity contribution in [3.05, 3.63) is 72.7 Å². The van der Waals surface area contributed by atoms with Crippen molar-refractivity contribution in [2.24, 2.45) is 0 Å². The van der Waals surface area contributed by atoms with Crippen molar-refractivity contribution in [1.82, 2.24) is 24.8 Å². The molecule has 1 fully saturated rings. The van der Waals surface area contributed by atoms with Crippen LogP contribution in [-0.2, 0) is 6.54 Å². The Morgan fingerprint density at radius 2 is 1.92 bits per heavy atom. The van der Waals surface area contributed by atoms with Crippen LogP contribution in [-0.4, -0.2) is 37.9 Å². The van der Waals surface area contributed by atoms with E-state index in [1.165, 1.54) is 5.56 Å². The van der Waals surface area contributed by atoms with E-state index < -0.39 is 0 Å². The molecule has 6 nitrogen and oxygen atoms in total. The Kier molecular flexibility index (Phi) is 5.12. The van der Waals surface area contributed by atoms with Crippen LogP contribution >= 0.6 is 0 Å². The third kappa shape index (κ3) is 4.21. The molecule has 6 heteroatoms. The average molecular weight is 347 g/mol. The van der Waals surface area contributed by atoms with Crippen LogP contribution in [0.5, 0.6) is 11.6 Å². The summed E-state index contributed by atoms with van der Waals surface area (Å²) in [6.45, 7) is 3.03. The van der Waals surface area contributed by atoms with Crippen molar-refractivity contribution in [3.8, 4) is 11.6 Å². The Morgan fingerprint density at radius 1 is 1.00 bits per heavy atom. The van der Waals surface area contributed by atoms with Crippen molar-refractivity contribution in [2.75, 3.05) is 13.1 Å². The molecule has 26 heavy (non-hydrogen) atoms. The van der Waals surface area contributed by atoms with E-state index >= 15 is 0 Å². The summed E-state index contributed by atoms with van der Waals surface area (Å²) in [7, 11) is 0. The summed E-state index contributed by atoms with van der Waals surface area (Å²) >= 11 is 0. The molecule has 3 aromatic rings.